The maximum Gasteiger partial charge on any atom is 0.239 e. The molecule has 0 radical (unpaired) electrons. The molecule has 0 aromatic carbocycles. The van der Waals surface area contributed by atoms with Crippen molar-refractivity contribution in [3.8, 4) is 11.3 Å². The van der Waals surface area contributed by atoms with Gasteiger partial charge in [0.2, 0.25) is 12.4 Å². The first-order valence-electron chi connectivity index (χ1n) is 7.58. The van der Waals surface area contributed by atoms with Crippen molar-refractivity contribution in [1.29, 1.82) is 0 Å². The number of fused-ring (bicyclic) bond motifs is 2. The van der Waals surface area contributed by atoms with E-state index in [1.54, 1.807) is 19.1 Å². The summed E-state index contributed by atoms with van der Waals surface area (Å²) >= 11 is 0. The fraction of sp³-hybridized carbons (Fsp3) is 0.250. The first-order valence-corrected chi connectivity index (χ1v) is 7.58. The van der Waals surface area contributed by atoms with E-state index in [4.69, 9.17) is 5.73 Å². The van der Waals surface area contributed by atoms with Crippen LogP contribution in [0.3, 0.4) is 0 Å². The standard InChI is InChI=1S/C16H13F3N6.H2/c1-7-8(4-13(18)19)15-11(22-7)3-2-10(23-15)14-9(17)6-25-12(14)5-21-16(20)24-25;/h2-3,5-6,8,13H,4H2,1H3,(H2,20,24);1H. The Bertz CT molecular complexity index is 1020. The van der Waals surface area contributed by atoms with Gasteiger partial charge in [-0.3, -0.25) is 4.99 Å². The van der Waals surface area contributed by atoms with Gasteiger partial charge in [-0.25, -0.2) is 27.7 Å². The van der Waals surface area contributed by atoms with Crippen LogP contribution in [0.25, 0.3) is 16.8 Å². The molecule has 0 amide bonds. The summed E-state index contributed by atoms with van der Waals surface area (Å²) in [5.74, 6) is -1.11. The van der Waals surface area contributed by atoms with Gasteiger partial charge in [0.1, 0.15) is 0 Å². The zero-order valence-electron chi connectivity index (χ0n) is 13.1. The minimum atomic E-state index is -2.48. The smallest absolute Gasteiger partial charge is 0.239 e. The fourth-order valence-electron chi connectivity index (χ4n) is 3.09. The largest absolute Gasteiger partial charge is 0.367 e. The first kappa shape index (κ1) is 15.6. The Morgan fingerprint density at radius 1 is 1.36 bits per heavy atom. The number of nitrogens with zero attached hydrogens (tertiary/aromatic N) is 5. The predicted molar refractivity (Wildman–Crippen MR) is 88.8 cm³/mol. The van der Waals surface area contributed by atoms with Gasteiger partial charge in [0.25, 0.3) is 0 Å². The van der Waals surface area contributed by atoms with Crippen LogP contribution in [0.2, 0.25) is 0 Å². The molecular weight excluding hydrogens is 333 g/mol. The molecule has 4 heterocycles. The van der Waals surface area contributed by atoms with Crippen LogP contribution in [0.4, 0.5) is 24.8 Å². The van der Waals surface area contributed by atoms with E-state index in [1.165, 1.54) is 16.9 Å². The van der Waals surface area contributed by atoms with Gasteiger partial charge >= 0.3 is 0 Å². The third kappa shape index (κ3) is 2.51. The molecule has 2 N–H and O–H groups in total. The molecule has 1 aliphatic heterocycles. The molecule has 0 aliphatic carbocycles. The lowest BCUT2D eigenvalue weighted by molar-refractivity contribution is 0.135. The Kier molecular flexibility index (Phi) is 3.45. The second kappa shape index (κ2) is 5.54. The minimum Gasteiger partial charge on any atom is -0.367 e. The summed E-state index contributed by atoms with van der Waals surface area (Å²) in [6.45, 7) is 1.69. The molecule has 3 aromatic rings. The number of hydrogen-bond donors (Lipinski definition) is 1. The van der Waals surface area contributed by atoms with Gasteiger partial charge in [0.05, 0.1) is 40.5 Å². The van der Waals surface area contributed by atoms with Crippen molar-refractivity contribution in [3.05, 3.63) is 36.0 Å². The monoisotopic (exact) mass is 348 g/mol. The zero-order chi connectivity index (χ0) is 17.7. The Hall–Kier alpha value is -2.97. The lowest BCUT2D eigenvalue weighted by atomic mass is 9.97. The molecule has 0 saturated carbocycles. The van der Waals surface area contributed by atoms with Gasteiger partial charge in [-0.2, -0.15) is 0 Å². The predicted octanol–water partition coefficient (Wildman–Crippen LogP) is 3.60. The molecule has 4 rings (SSSR count). The van der Waals surface area contributed by atoms with Gasteiger partial charge < -0.3 is 5.73 Å². The van der Waals surface area contributed by atoms with Gasteiger partial charge in [-0.1, -0.05) is 0 Å². The minimum absolute atomic E-state index is 0. The third-order valence-corrected chi connectivity index (χ3v) is 4.21. The Labute approximate surface area is 141 Å². The summed E-state index contributed by atoms with van der Waals surface area (Å²) in [6, 6.07) is 3.27. The Balaban J connectivity index is 0.00000196. The van der Waals surface area contributed by atoms with Crippen molar-refractivity contribution >= 4 is 22.9 Å². The second-order valence-electron chi connectivity index (χ2n) is 5.83. The highest BCUT2D eigenvalue weighted by Crippen LogP contribution is 2.39. The second-order valence-corrected chi connectivity index (χ2v) is 5.83. The third-order valence-electron chi connectivity index (χ3n) is 4.21. The summed E-state index contributed by atoms with van der Waals surface area (Å²) < 4.78 is 41.4. The van der Waals surface area contributed by atoms with E-state index >= 15 is 0 Å². The van der Waals surface area contributed by atoms with E-state index in [1.807, 2.05) is 0 Å². The van der Waals surface area contributed by atoms with E-state index in [2.05, 4.69) is 20.1 Å². The van der Waals surface area contributed by atoms with E-state index in [-0.39, 0.29) is 19.4 Å². The molecule has 6 nitrogen and oxygen atoms in total. The molecular formula is C16H15F3N6. The number of aromatic nitrogens is 4. The van der Waals surface area contributed by atoms with Crippen LogP contribution in [-0.4, -0.2) is 31.7 Å². The summed E-state index contributed by atoms with van der Waals surface area (Å²) in [5, 5.41) is 3.92. The number of halogens is 3. The number of aliphatic imine (C=N–C) groups is 1. The topological polar surface area (TPSA) is 81.5 Å². The van der Waals surface area contributed by atoms with Crippen LogP contribution in [0.1, 0.15) is 26.4 Å². The van der Waals surface area contributed by atoms with E-state index in [9.17, 15) is 13.2 Å². The van der Waals surface area contributed by atoms with Gasteiger partial charge in [-0.05, 0) is 19.1 Å². The van der Waals surface area contributed by atoms with Crippen LogP contribution in [0, 0.1) is 5.82 Å². The molecule has 0 bridgehead atoms. The molecule has 1 unspecified atom stereocenters. The lowest BCUT2D eigenvalue weighted by Crippen LogP contribution is -2.10. The quantitative estimate of drug-likeness (QED) is 0.784. The van der Waals surface area contributed by atoms with Crippen molar-refractivity contribution < 1.29 is 14.6 Å². The van der Waals surface area contributed by atoms with E-state index in [0.29, 0.717) is 28.3 Å². The van der Waals surface area contributed by atoms with Crippen LogP contribution < -0.4 is 5.73 Å². The number of anilines is 1. The van der Waals surface area contributed by atoms with Crippen molar-refractivity contribution in [3.63, 3.8) is 0 Å². The SMILES string of the molecule is CC1=Nc2ccc(-c3c(F)cn4nc(N)ncc34)nc2C1CC(F)F.[HH]. The molecule has 1 aliphatic rings. The van der Waals surface area contributed by atoms with Crippen molar-refractivity contribution in [2.45, 2.75) is 25.7 Å². The number of nitrogen functional groups attached to an aromatic ring is 1. The first-order chi connectivity index (χ1) is 11.9. The van der Waals surface area contributed by atoms with Gasteiger partial charge in [0, 0.05) is 19.5 Å². The summed E-state index contributed by atoms with van der Waals surface area (Å²) in [6.07, 6.45) is -0.267. The molecule has 3 aromatic heterocycles. The van der Waals surface area contributed by atoms with Crippen molar-refractivity contribution in [2.24, 2.45) is 4.99 Å². The number of hydrogen-bond acceptors (Lipinski definition) is 5. The normalized spacial score (nSPS) is 16.5. The fourth-order valence-corrected chi connectivity index (χ4v) is 3.09. The molecule has 0 saturated heterocycles. The Morgan fingerprint density at radius 2 is 2.16 bits per heavy atom. The maximum atomic E-state index is 14.4. The van der Waals surface area contributed by atoms with Crippen LogP contribution >= 0.6 is 0 Å². The molecule has 1 atom stereocenters. The highest BCUT2D eigenvalue weighted by atomic mass is 19.3. The van der Waals surface area contributed by atoms with Gasteiger partial charge in [-0.15, -0.1) is 5.10 Å². The number of pyridine rings is 1. The number of nitrogens with two attached hydrogens (primary N) is 1. The van der Waals surface area contributed by atoms with Crippen LogP contribution in [-0.2, 0) is 0 Å². The summed E-state index contributed by atoms with van der Waals surface area (Å²) in [7, 11) is 0. The lowest BCUT2D eigenvalue weighted by Gasteiger charge is -2.12. The van der Waals surface area contributed by atoms with E-state index < -0.39 is 18.2 Å². The number of alkyl halides is 2. The summed E-state index contributed by atoms with van der Waals surface area (Å²) in [4.78, 5) is 12.6. The summed E-state index contributed by atoms with van der Waals surface area (Å²) in [5.41, 5.74) is 7.97. The Morgan fingerprint density at radius 3 is 2.92 bits per heavy atom. The van der Waals surface area contributed by atoms with Crippen LogP contribution in [0.5, 0.6) is 0 Å². The van der Waals surface area contributed by atoms with Crippen LogP contribution in [0.15, 0.2) is 29.5 Å². The molecule has 0 fully saturated rings. The highest BCUT2D eigenvalue weighted by Gasteiger charge is 2.30. The molecule has 9 heteroatoms. The highest BCUT2D eigenvalue weighted by molar-refractivity contribution is 5.96. The van der Waals surface area contributed by atoms with Gasteiger partial charge in [0.15, 0.2) is 5.82 Å². The average Bonchev–Trinajstić information content (AvgIpc) is 3.02. The average molecular weight is 348 g/mol. The molecule has 25 heavy (non-hydrogen) atoms. The van der Waals surface area contributed by atoms with E-state index in [0.717, 1.165) is 0 Å². The molecule has 130 valence electrons. The molecule has 0 spiro atoms. The van der Waals surface area contributed by atoms with Crippen molar-refractivity contribution in [1.82, 2.24) is 19.6 Å². The number of rotatable bonds is 3. The van der Waals surface area contributed by atoms with Crippen molar-refractivity contribution in [2.75, 3.05) is 5.73 Å². The zero-order valence-corrected chi connectivity index (χ0v) is 13.1. The maximum absolute atomic E-state index is 14.4.